The third-order valence-electron chi connectivity index (χ3n) is 8.08. The highest BCUT2D eigenvalue weighted by Gasteiger charge is 2.20. The summed E-state index contributed by atoms with van der Waals surface area (Å²) < 4.78 is 33.3. The number of hydrogen-bond acceptors (Lipinski definition) is 9. The van der Waals surface area contributed by atoms with E-state index in [0.717, 1.165) is 67.7 Å². The minimum absolute atomic E-state index is 0.574. The van der Waals surface area contributed by atoms with Crippen molar-refractivity contribution in [3.8, 4) is 45.8 Å². The van der Waals surface area contributed by atoms with Crippen molar-refractivity contribution in [2.24, 2.45) is 0 Å². The summed E-state index contributed by atoms with van der Waals surface area (Å²) in [5.41, 5.74) is 4.32. The molecule has 0 radical (unpaired) electrons. The predicted octanol–water partition coefficient (Wildman–Crippen LogP) is 5.31. The summed E-state index contributed by atoms with van der Waals surface area (Å²) >= 11 is 0. The first-order chi connectivity index (χ1) is 21.0. The van der Waals surface area contributed by atoms with Gasteiger partial charge >= 0.3 is 0 Å². The quantitative estimate of drug-likeness (QED) is 0.219. The zero-order chi connectivity index (χ0) is 30.3. The Bertz CT molecular complexity index is 1530. The van der Waals surface area contributed by atoms with Crippen LogP contribution in [-0.2, 0) is 13.0 Å². The Balaban J connectivity index is 1.19. The molecule has 9 heteroatoms. The Labute approximate surface area is 253 Å². The SMILES string of the molecule is COc1cc(-c2cc(CN3CCN(CCc4ccc5c(OC)c(OC)c(OC)cc5c4)CC3)ccn2)cc(OC)c1OC. The molecule has 1 aromatic heterocycles. The topological polar surface area (TPSA) is 74.8 Å². The van der Waals surface area contributed by atoms with E-state index < -0.39 is 0 Å². The molecule has 0 bridgehead atoms. The number of ether oxygens (including phenoxy) is 6. The molecule has 0 spiro atoms. The number of methoxy groups -OCH3 is 6. The van der Waals surface area contributed by atoms with Crippen molar-refractivity contribution in [1.29, 1.82) is 0 Å². The van der Waals surface area contributed by atoms with Crippen molar-refractivity contribution in [2.75, 3.05) is 75.4 Å². The van der Waals surface area contributed by atoms with E-state index in [1.165, 1.54) is 11.1 Å². The lowest BCUT2D eigenvalue weighted by atomic mass is 10.0. The van der Waals surface area contributed by atoms with Crippen LogP contribution in [0.4, 0.5) is 0 Å². The molecule has 0 amide bonds. The van der Waals surface area contributed by atoms with Crippen LogP contribution >= 0.6 is 0 Å². The lowest BCUT2D eigenvalue weighted by Gasteiger charge is -2.34. The molecule has 1 saturated heterocycles. The van der Waals surface area contributed by atoms with E-state index >= 15 is 0 Å². The molecule has 0 atom stereocenters. The second-order valence-corrected chi connectivity index (χ2v) is 10.5. The van der Waals surface area contributed by atoms with Gasteiger partial charge in [-0.15, -0.1) is 0 Å². The summed E-state index contributed by atoms with van der Waals surface area (Å²) in [6, 6.07) is 16.7. The molecular weight excluding hydrogens is 546 g/mol. The number of nitrogens with zero attached hydrogens (tertiary/aromatic N) is 3. The Kier molecular flexibility index (Phi) is 9.74. The third kappa shape index (κ3) is 6.58. The van der Waals surface area contributed by atoms with Gasteiger partial charge in [-0.05, 0) is 53.3 Å². The molecule has 5 rings (SSSR count). The predicted molar refractivity (Wildman–Crippen MR) is 168 cm³/mol. The molecule has 2 heterocycles. The van der Waals surface area contributed by atoms with Gasteiger partial charge in [-0.3, -0.25) is 9.88 Å². The maximum absolute atomic E-state index is 5.66. The highest BCUT2D eigenvalue weighted by atomic mass is 16.5. The Hall–Kier alpha value is -4.21. The van der Waals surface area contributed by atoms with E-state index in [1.807, 2.05) is 24.4 Å². The molecular formula is C34H41N3O6. The van der Waals surface area contributed by atoms with Crippen LogP contribution in [0.5, 0.6) is 34.5 Å². The van der Waals surface area contributed by atoms with Gasteiger partial charge in [0, 0.05) is 56.4 Å². The summed E-state index contributed by atoms with van der Waals surface area (Å²) in [7, 11) is 9.79. The van der Waals surface area contributed by atoms with E-state index in [1.54, 1.807) is 42.7 Å². The number of aromatic nitrogens is 1. The summed E-state index contributed by atoms with van der Waals surface area (Å²) in [6.07, 6.45) is 2.85. The van der Waals surface area contributed by atoms with Crippen molar-refractivity contribution >= 4 is 10.8 Å². The van der Waals surface area contributed by atoms with Gasteiger partial charge in [-0.2, -0.15) is 0 Å². The molecule has 0 N–H and O–H groups in total. The molecule has 228 valence electrons. The number of fused-ring (bicyclic) bond motifs is 1. The standard InChI is InChI=1S/C34H41N3O6/c1-38-29-20-26(21-30(39-2)33(29)42-5)28-18-24(9-11-35-28)22-37-15-13-36(14-16-37)12-10-23-7-8-27-25(17-23)19-31(40-3)34(43-6)32(27)41-4/h7-9,11,17-21H,10,12-16,22H2,1-6H3. The number of pyridine rings is 1. The van der Waals surface area contributed by atoms with E-state index in [4.69, 9.17) is 28.4 Å². The first kappa shape index (κ1) is 30.3. The summed E-state index contributed by atoms with van der Waals surface area (Å²) in [5, 5.41) is 2.10. The zero-order valence-electron chi connectivity index (χ0n) is 25.9. The number of rotatable bonds is 12. The zero-order valence-corrected chi connectivity index (χ0v) is 25.9. The largest absolute Gasteiger partial charge is 0.493 e. The van der Waals surface area contributed by atoms with Crippen molar-refractivity contribution in [1.82, 2.24) is 14.8 Å². The maximum atomic E-state index is 5.66. The van der Waals surface area contributed by atoms with Gasteiger partial charge in [-0.25, -0.2) is 0 Å². The fourth-order valence-corrected chi connectivity index (χ4v) is 5.76. The van der Waals surface area contributed by atoms with Crippen LogP contribution < -0.4 is 28.4 Å². The van der Waals surface area contributed by atoms with E-state index in [-0.39, 0.29) is 0 Å². The molecule has 3 aromatic carbocycles. The molecule has 0 aliphatic carbocycles. The Morgan fingerprint density at radius 3 is 1.86 bits per heavy atom. The molecule has 9 nitrogen and oxygen atoms in total. The van der Waals surface area contributed by atoms with Gasteiger partial charge in [0.1, 0.15) is 0 Å². The van der Waals surface area contributed by atoms with Crippen LogP contribution in [-0.4, -0.2) is 90.2 Å². The van der Waals surface area contributed by atoms with Gasteiger partial charge in [0.05, 0.1) is 48.4 Å². The van der Waals surface area contributed by atoms with Crippen molar-refractivity contribution in [3.63, 3.8) is 0 Å². The lowest BCUT2D eigenvalue weighted by Crippen LogP contribution is -2.46. The molecule has 43 heavy (non-hydrogen) atoms. The monoisotopic (exact) mass is 587 g/mol. The maximum Gasteiger partial charge on any atom is 0.203 e. The Morgan fingerprint density at radius 2 is 1.23 bits per heavy atom. The van der Waals surface area contributed by atoms with Crippen molar-refractivity contribution in [2.45, 2.75) is 13.0 Å². The summed E-state index contributed by atoms with van der Waals surface area (Å²) in [4.78, 5) is 9.67. The summed E-state index contributed by atoms with van der Waals surface area (Å²) in [5.74, 6) is 3.79. The fourth-order valence-electron chi connectivity index (χ4n) is 5.76. The second-order valence-electron chi connectivity index (χ2n) is 10.5. The highest BCUT2D eigenvalue weighted by Crippen LogP contribution is 2.44. The van der Waals surface area contributed by atoms with Gasteiger partial charge in [-0.1, -0.05) is 18.2 Å². The van der Waals surface area contributed by atoms with Crippen molar-refractivity contribution in [3.05, 3.63) is 65.9 Å². The van der Waals surface area contributed by atoms with E-state index in [2.05, 4.69) is 45.1 Å². The number of piperazine rings is 1. The van der Waals surface area contributed by atoms with Crippen LogP contribution in [0, 0.1) is 0 Å². The highest BCUT2D eigenvalue weighted by molar-refractivity contribution is 5.93. The molecule has 1 aliphatic rings. The van der Waals surface area contributed by atoms with Gasteiger partial charge in [0.25, 0.3) is 0 Å². The normalized spacial score (nSPS) is 14.0. The average molecular weight is 588 g/mol. The number of hydrogen-bond donors (Lipinski definition) is 0. The molecule has 1 aliphatic heterocycles. The first-order valence-corrected chi connectivity index (χ1v) is 14.4. The third-order valence-corrected chi connectivity index (χ3v) is 8.08. The molecule has 4 aromatic rings. The Morgan fingerprint density at radius 1 is 0.605 bits per heavy atom. The van der Waals surface area contributed by atoms with Crippen LogP contribution in [0.15, 0.2) is 54.7 Å². The summed E-state index contributed by atoms with van der Waals surface area (Å²) in [6.45, 7) is 6.02. The van der Waals surface area contributed by atoms with Gasteiger partial charge < -0.3 is 33.3 Å². The van der Waals surface area contributed by atoms with Gasteiger partial charge in [0.2, 0.25) is 11.5 Å². The van der Waals surface area contributed by atoms with E-state index in [0.29, 0.717) is 34.5 Å². The fraction of sp³-hybridized carbons (Fsp3) is 0.382. The second kappa shape index (κ2) is 13.8. The minimum atomic E-state index is 0.574. The average Bonchev–Trinajstić information content (AvgIpc) is 3.06. The van der Waals surface area contributed by atoms with Crippen LogP contribution in [0.2, 0.25) is 0 Å². The molecule has 0 saturated carbocycles. The van der Waals surface area contributed by atoms with Gasteiger partial charge in [0.15, 0.2) is 23.0 Å². The van der Waals surface area contributed by atoms with Crippen molar-refractivity contribution < 1.29 is 28.4 Å². The molecule has 0 unspecified atom stereocenters. The van der Waals surface area contributed by atoms with E-state index in [9.17, 15) is 0 Å². The number of benzene rings is 3. The molecule has 1 fully saturated rings. The first-order valence-electron chi connectivity index (χ1n) is 14.4. The lowest BCUT2D eigenvalue weighted by molar-refractivity contribution is 0.128. The minimum Gasteiger partial charge on any atom is -0.493 e. The van der Waals surface area contributed by atoms with Crippen LogP contribution in [0.1, 0.15) is 11.1 Å². The van der Waals surface area contributed by atoms with Crippen LogP contribution in [0.3, 0.4) is 0 Å². The van der Waals surface area contributed by atoms with Crippen LogP contribution in [0.25, 0.3) is 22.0 Å². The smallest absolute Gasteiger partial charge is 0.203 e.